The SMILES string of the molecule is CCC1CCCCN1C(=O)CCCOc1cccc(C)c1. The van der Waals surface area contributed by atoms with Crippen LogP contribution in [-0.2, 0) is 4.79 Å². The zero-order valence-corrected chi connectivity index (χ0v) is 13.3. The number of nitrogens with zero attached hydrogens (tertiary/aromatic N) is 1. The Hall–Kier alpha value is -1.51. The summed E-state index contributed by atoms with van der Waals surface area (Å²) in [5, 5.41) is 0. The summed E-state index contributed by atoms with van der Waals surface area (Å²) in [5.41, 5.74) is 1.20. The van der Waals surface area contributed by atoms with Gasteiger partial charge in [-0.3, -0.25) is 4.79 Å². The summed E-state index contributed by atoms with van der Waals surface area (Å²) in [7, 11) is 0. The summed E-state index contributed by atoms with van der Waals surface area (Å²) in [6.45, 7) is 5.78. The average Bonchev–Trinajstić information content (AvgIpc) is 2.51. The first-order valence-electron chi connectivity index (χ1n) is 8.19. The molecular formula is C18H27NO2. The Morgan fingerprint density at radius 2 is 2.24 bits per heavy atom. The first kappa shape index (κ1) is 15.9. The molecule has 1 aromatic carbocycles. The van der Waals surface area contributed by atoms with E-state index in [1.807, 2.05) is 18.2 Å². The van der Waals surface area contributed by atoms with Crippen molar-refractivity contribution in [3.63, 3.8) is 0 Å². The standard InChI is InChI=1S/C18H27NO2/c1-3-16-9-4-5-12-19(16)18(20)11-7-13-21-17-10-6-8-15(2)14-17/h6,8,10,14,16H,3-5,7,9,11-13H2,1-2H3. The van der Waals surface area contributed by atoms with E-state index in [9.17, 15) is 4.79 Å². The van der Waals surface area contributed by atoms with Gasteiger partial charge in [-0.15, -0.1) is 0 Å². The first-order valence-corrected chi connectivity index (χ1v) is 8.19. The first-order chi connectivity index (χ1) is 10.2. The van der Waals surface area contributed by atoms with Gasteiger partial charge in [0.25, 0.3) is 0 Å². The van der Waals surface area contributed by atoms with E-state index in [1.54, 1.807) is 0 Å². The third kappa shape index (κ3) is 4.76. The molecule has 0 saturated carbocycles. The highest BCUT2D eigenvalue weighted by atomic mass is 16.5. The van der Waals surface area contributed by atoms with Crippen LogP contribution >= 0.6 is 0 Å². The Kier molecular flexibility index (Phi) is 6.09. The summed E-state index contributed by atoms with van der Waals surface area (Å²) < 4.78 is 5.71. The number of carbonyl (C=O) groups excluding carboxylic acids is 1. The maximum Gasteiger partial charge on any atom is 0.222 e. The molecule has 1 amide bonds. The molecule has 116 valence electrons. The number of rotatable bonds is 6. The fourth-order valence-electron chi connectivity index (χ4n) is 3.02. The van der Waals surface area contributed by atoms with Crippen LogP contribution in [0.5, 0.6) is 5.75 Å². The van der Waals surface area contributed by atoms with E-state index in [2.05, 4.69) is 24.8 Å². The number of hydrogen-bond acceptors (Lipinski definition) is 2. The van der Waals surface area contributed by atoms with E-state index in [0.717, 1.165) is 31.6 Å². The predicted molar refractivity (Wildman–Crippen MR) is 85.6 cm³/mol. The molecule has 0 radical (unpaired) electrons. The molecule has 1 fully saturated rings. The van der Waals surface area contributed by atoms with E-state index in [4.69, 9.17) is 4.74 Å². The largest absolute Gasteiger partial charge is 0.494 e. The van der Waals surface area contributed by atoms with Gasteiger partial charge in [-0.05, 0) is 56.7 Å². The number of carbonyl (C=O) groups is 1. The Morgan fingerprint density at radius 1 is 1.38 bits per heavy atom. The minimum Gasteiger partial charge on any atom is -0.494 e. The van der Waals surface area contributed by atoms with Gasteiger partial charge in [0.05, 0.1) is 6.61 Å². The van der Waals surface area contributed by atoms with Gasteiger partial charge in [-0.2, -0.15) is 0 Å². The van der Waals surface area contributed by atoms with E-state index in [-0.39, 0.29) is 0 Å². The lowest BCUT2D eigenvalue weighted by Gasteiger charge is -2.35. The van der Waals surface area contributed by atoms with Crippen LogP contribution in [0.25, 0.3) is 0 Å². The summed E-state index contributed by atoms with van der Waals surface area (Å²) in [4.78, 5) is 14.4. The second-order valence-electron chi connectivity index (χ2n) is 5.91. The van der Waals surface area contributed by atoms with Crippen molar-refractivity contribution in [1.82, 2.24) is 4.90 Å². The Bertz CT molecular complexity index is 458. The van der Waals surface area contributed by atoms with Crippen molar-refractivity contribution >= 4 is 5.91 Å². The molecule has 0 aliphatic carbocycles. The highest BCUT2D eigenvalue weighted by molar-refractivity contribution is 5.76. The van der Waals surface area contributed by atoms with Crippen molar-refractivity contribution < 1.29 is 9.53 Å². The number of aryl methyl sites for hydroxylation is 1. The minimum absolute atomic E-state index is 0.300. The molecule has 1 unspecified atom stereocenters. The lowest BCUT2D eigenvalue weighted by molar-refractivity contribution is -0.135. The molecule has 3 nitrogen and oxygen atoms in total. The molecule has 0 aromatic heterocycles. The van der Waals surface area contributed by atoms with Gasteiger partial charge in [0.2, 0.25) is 5.91 Å². The summed E-state index contributed by atoms with van der Waals surface area (Å²) in [6, 6.07) is 8.50. The highest BCUT2D eigenvalue weighted by Crippen LogP contribution is 2.20. The van der Waals surface area contributed by atoms with E-state index < -0.39 is 0 Å². The van der Waals surface area contributed by atoms with E-state index in [0.29, 0.717) is 25.0 Å². The van der Waals surface area contributed by atoms with E-state index in [1.165, 1.54) is 18.4 Å². The highest BCUT2D eigenvalue weighted by Gasteiger charge is 2.24. The lowest BCUT2D eigenvalue weighted by Crippen LogP contribution is -2.43. The number of piperidine rings is 1. The van der Waals surface area contributed by atoms with Crippen LogP contribution in [0.1, 0.15) is 51.0 Å². The molecule has 1 atom stereocenters. The fourth-order valence-corrected chi connectivity index (χ4v) is 3.02. The van der Waals surface area contributed by atoms with Gasteiger partial charge >= 0.3 is 0 Å². The topological polar surface area (TPSA) is 29.5 Å². The minimum atomic E-state index is 0.300. The molecule has 21 heavy (non-hydrogen) atoms. The van der Waals surface area contributed by atoms with Crippen LogP contribution in [0.15, 0.2) is 24.3 Å². The number of hydrogen-bond donors (Lipinski definition) is 0. The van der Waals surface area contributed by atoms with Gasteiger partial charge in [0.1, 0.15) is 5.75 Å². The average molecular weight is 289 g/mol. The predicted octanol–water partition coefficient (Wildman–Crippen LogP) is 3.95. The Morgan fingerprint density at radius 3 is 3.00 bits per heavy atom. The Balaban J connectivity index is 1.71. The third-order valence-corrected chi connectivity index (χ3v) is 4.21. The van der Waals surface area contributed by atoms with Gasteiger partial charge in [0.15, 0.2) is 0 Å². The Labute approximate surface area is 128 Å². The van der Waals surface area contributed by atoms with Crippen LogP contribution in [0.3, 0.4) is 0 Å². The van der Waals surface area contributed by atoms with Gasteiger partial charge in [-0.25, -0.2) is 0 Å². The van der Waals surface area contributed by atoms with Crippen molar-refractivity contribution in [2.45, 2.75) is 58.4 Å². The van der Waals surface area contributed by atoms with Crippen molar-refractivity contribution in [2.24, 2.45) is 0 Å². The fraction of sp³-hybridized carbons (Fsp3) is 0.611. The molecule has 2 rings (SSSR count). The molecule has 0 bridgehead atoms. The van der Waals surface area contributed by atoms with Gasteiger partial charge in [0, 0.05) is 19.0 Å². The molecule has 1 saturated heterocycles. The number of likely N-dealkylation sites (tertiary alicyclic amines) is 1. The molecule has 0 N–H and O–H groups in total. The molecular weight excluding hydrogens is 262 g/mol. The maximum absolute atomic E-state index is 12.3. The van der Waals surface area contributed by atoms with Crippen molar-refractivity contribution in [1.29, 1.82) is 0 Å². The van der Waals surface area contributed by atoms with Crippen LogP contribution < -0.4 is 4.74 Å². The van der Waals surface area contributed by atoms with Crippen molar-refractivity contribution in [2.75, 3.05) is 13.2 Å². The lowest BCUT2D eigenvalue weighted by atomic mass is 9.99. The summed E-state index contributed by atoms with van der Waals surface area (Å²) in [6.07, 6.45) is 6.05. The van der Waals surface area contributed by atoms with Crippen LogP contribution in [0.4, 0.5) is 0 Å². The number of amides is 1. The maximum atomic E-state index is 12.3. The monoisotopic (exact) mass is 289 g/mol. The molecule has 1 aliphatic heterocycles. The zero-order valence-electron chi connectivity index (χ0n) is 13.3. The van der Waals surface area contributed by atoms with Crippen molar-refractivity contribution in [3.8, 4) is 5.75 Å². The normalized spacial score (nSPS) is 18.6. The molecule has 3 heteroatoms. The van der Waals surface area contributed by atoms with Crippen molar-refractivity contribution in [3.05, 3.63) is 29.8 Å². The number of ether oxygens (including phenoxy) is 1. The van der Waals surface area contributed by atoms with Gasteiger partial charge < -0.3 is 9.64 Å². The smallest absolute Gasteiger partial charge is 0.222 e. The molecule has 1 aliphatic rings. The number of benzene rings is 1. The molecule has 1 aromatic rings. The van der Waals surface area contributed by atoms with E-state index >= 15 is 0 Å². The van der Waals surface area contributed by atoms with Crippen LogP contribution in [0, 0.1) is 6.92 Å². The van der Waals surface area contributed by atoms with Crippen LogP contribution in [-0.4, -0.2) is 30.0 Å². The summed E-state index contributed by atoms with van der Waals surface area (Å²) >= 11 is 0. The zero-order chi connectivity index (χ0) is 15.1. The summed E-state index contributed by atoms with van der Waals surface area (Å²) in [5.74, 6) is 1.20. The van der Waals surface area contributed by atoms with Crippen LogP contribution in [0.2, 0.25) is 0 Å². The second kappa shape index (κ2) is 8.06. The van der Waals surface area contributed by atoms with Gasteiger partial charge in [-0.1, -0.05) is 19.1 Å². The third-order valence-electron chi connectivity index (χ3n) is 4.21. The molecule has 0 spiro atoms. The quantitative estimate of drug-likeness (QED) is 0.742. The molecule has 1 heterocycles. The second-order valence-corrected chi connectivity index (χ2v) is 5.91.